The van der Waals surface area contributed by atoms with Gasteiger partial charge in [0.2, 0.25) is 0 Å². The van der Waals surface area contributed by atoms with Gasteiger partial charge in [0.25, 0.3) is 5.91 Å². The maximum Gasteiger partial charge on any atom is 0.326 e. The predicted molar refractivity (Wildman–Crippen MR) is 73.0 cm³/mol. The molecule has 0 aromatic heterocycles. The Labute approximate surface area is 119 Å². The van der Waals surface area contributed by atoms with Crippen LogP contribution in [0.25, 0.3) is 0 Å². The standard InChI is InChI=1S/C13H15F2NO3S/c1-7-3-4-8(14)10(11(7)15)12(17)16-9(13(18)19)5-6-20-2/h3-4,9H,5-6H2,1-2H3,(H,16,17)(H,18,19). The zero-order valence-electron chi connectivity index (χ0n) is 11.1. The second-order valence-corrected chi connectivity index (χ2v) is 5.18. The smallest absolute Gasteiger partial charge is 0.326 e. The molecule has 1 aromatic carbocycles. The van der Waals surface area contributed by atoms with Gasteiger partial charge in [-0.15, -0.1) is 0 Å². The number of hydrogen-bond acceptors (Lipinski definition) is 3. The van der Waals surface area contributed by atoms with Crippen LogP contribution in [0.1, 0.15) is 22.3 Å². The molecule has 0 radical (unpaired) electrons. The van der Waals surface area contributed by atoms with E-state index in [1.807, 2.05) is 0 Å². The van der Waals surface area contributed by atoms with E-state index in [4.69, 9.17) is 5.11 Å². The van der Waals surface area contributed by atoms with Crippen LogP contribution in [0.4, 0.5) is 8.78 Å². The molecule has 0 saturated heterocycles. The molecule has 2 N–H and O–H groups in total. The fourth-order valence-electron chi connectivity index (χ4n) is 1.59. The highest BCUT2D eigenvalue weighted by molar-refractivity contribution is 7.98. The highest BCUT2D eigenvalue weighted by Gasteiger charge is 2.24. The minimum Gasteiger partial charge on any atom is -0.480 e. The van der Waals surface area contributed by atoms with Crippen LogP contribution >= 0.6 is 11.8 Å². The van der Waals surface area contributed by atoms with E-state index >= 15 is 0 Å². The number of aliphatic carboxylic acids is 1. The molecule has 0 heterocycles. The molecular formula is C13H15F2NO3S. The minimum absolute atomic E-state index is 0.118. The van der Waals surface area contributed by atoms with Crippen LogP contribution in [0.2, 0.25) is 0 Å². The minimum atomic E-state index is -1.24. The zero-order chi connectivity index (χ0) is 15.3. The lowest BCUT2D eigenvalue weighted by Crippen LogP contribution is -2.41. The maximum atomic E-state index is 13.8. The topological polar surface area (TPSA) is 66.4 Å². The first kappa shape index (κ1) is 16.4. The normalized spacial score (nSPS) is 12.0. The first-order chi connectivity index (χ1) is 9.38. The molecule has 1 unspecified atom stereocenters. The van der Waals surface area contributed by atoms with Crippen LogP contribution < -0.4 is 5.32 Å². The fraction of sp³-hybridized carbons (Fsp3) is 0.385. The van der Waals surface area contributed by atoms with Crippen molar-refractivity contribution in [1.29, 1.82) is 0 Å². The SMILES string of the molecule is CSCCC(NC(=O)c1c(F)ccc(C)c1F)C(=O)O. The van der Waals surface area contributed by atoms with Crippen molar-refractivity contribution in [3.05, 3.63) is 34.9 Å². The van der Waals surface area contributed by atoms with E-state index in [0.29, 0.717) is 5.75 Å². The summed E-state index contributed by atoms with van der Waals surface area (Å²) in [7, 11) is 0. The number of nitrogens with one attached hydrogen (secondary N) is 1. The second-order valence-electron chi connectivity index (χ2n) is 4.20. The third-order valence-electron chi connectivity index (χ3n) is 2.73. The Bertz CT molecular complexity index is 523. The van der Waals surface area contributed by atoms with E-state index < -0.39 is 35.1 Å². The van der Waals surface area contributed by atoms with Gasteiger partial charge < -0.3 is 10.4 Å². The van der Waals surface area contributed by atoms with Crippen molar-refractivity contribution < 1.29 is 23.5 Å². The van der Waals surface area contributed by atoms with Gasteiger partial charge in [-0.1, -0.05) is 6.07 Å². The summed E-state index contributed by atoms with van der Waals surface area (Å²) in [6.45, 7) is 1.40. The summed E-state index contributed by atoms with van der Waals surface area (Å²) in [5.41, 5.74) is -0.632. The van der Waals surface area contributed by atoms with Crippen LogP contribution in [0, 0.1) is 18.6 Å². The van der Waals surface area contributed by atoms with Crippen molar-refractivity contribution >= 4 is 23.6 Å². The summed E-state index contributed by atoms with van der Waals surface area (Å²) >= 11 is 1.42. The molecule has 0 saturated carbocycles. The molecular weight excluding hydrogens is 288 g/mol. The lowest BCUT2D eigenvalue weighted by atomic mass is 10.1. The molecule has 4 nitrogen and oxygen atoms in total. The van der Waals surface area contributed by atoms with E-state index in [9.17, 15) is 18.4 Å². The molecule has 110 valence electrons. The lowest BCUT2D eigenvalue weighted by molar-refractivity contribution is -0.139. The van der Waals surface area contributed by atoms with Crippen LogP contribution in [0.15, 0.2) is 12.1 Å². The van der Waals surface area contributed by atoms with Gasteiger partial charge in [-0.3, -0.25) is 4.79 Å². The van der Waals surface area contributed by atoms with Crippen LogP contribution in [-0.4, -0.2) is 35.0 Å². The van der Waals surface area contributed by atoms with Crippen molar-refractivity contribution in [2.75, 3.05) is 12.0 Å². The molecule has 1 atom stereocenters. The van der Waals surface area contributed by atoms with E-state index in [1.165, 1.54) is 24.8 Å². The Balaban J connectivity index is 2.95. The Morgan fingerprint density at radius 2 is 2.05 bits per heavy atom. The Morgan fingerprint density at radius 1 is 1.40 bits per heavy atom. The summed E-state index contributed by atoms with van der Waals surface area (Å²) in [5.74, 6) is -3.77. The van der Waals surface area contributed by atoms with E-state index in [-0.39, 0.29) is 12.0 Å². The summed E-state index contributed by atoms with van der Waals surface area (Å²) in [4.78, 5) is 22.9. The molecule has 0 aliphatic heterocycles. The molecule has 0 aliphatic carbocycles. The number of rotatable bonds is 6. The summed E-state index contributed by atoms with van der Waals surface area (Å²) < 4.78 is 27.3. The van der Waals surface area contributed by atoms with Gasteiger partial charge in [-0.2, -0.15) is 11.8 Å². The molecule has 1 aromatic rings. The maximum absolute atomic E-state index is 13.8. The van der Waals surface area contributed by atoms with E-state index in [1.54, 1.807) is 6.26 Å². The Morgan fingerprint density at radius 3 is 2.60 bits per heavy atom. The molecule has 1 rings (SSSR count). The monoisotopic (exact) mass is 303 g/mol. The molecule has 20 heavy (non-hydrogen) atoms. The molecule has 0 aliphatic rings. The highest BCUT2D eigenvalue weighted by Crippen LogP contribution is 2.16. The number of aryl methyl sites for hydroxylation is 1. The van der Waals surface area contributed by atoms with Gasteiger partial charge >= 0.3 is 5.97 Å². The van der Waals surface area contributed by atoms with E-state index in [2.05, 4.69) is 5.32 Å². The quantitative estimate of drug-likeness (QED) is 0.845. The van der Waals surface area contributed by atoms with Crippen molar-refractivity contribution in [3.8, 4) is 0 Å². The predicted octanol–water partition coefficient (Wildman–Crippen LogP) is 2.21. The van der Waals surface area contributed by atoms with Gasteiger partial charge in [0.1, 0.15) is 23.2 Å². The largest absolute Gasteiger partial charge is 0.480 e. The number of hydrogen-bond donors (Lipinski definition) is 2. The molecule has 1 amide bonds. The Hall–Kier alpha value is -1.63. The van der Waals surface area contributed by atoms with Crippen molar-refractivity contribution in [1.82, 2.24) is 5.32 Å². The number of thioether (sulfide) groups is 1. The van der Waals surface area contributed by atoms with Crippen molar-refractivity contribution in [2.24, 2.45) is 0 Å². The fourth-order valence-corrected chi connectivity index (χ4v) is 2.06. The summed E-state index contributed by atoms with van der Waals surface area (Å²) in [5, 5.41) is 11.1. The average molecular weight is 303 g/mol. The number of carbonyl (C=O) groups excluding carboxylic acids is 1. The summed E-state index contributed by atoms with van der Waals surface area (Å²) in [6.07, 6.45) is 1.97. The number of carboxylic acids is 1. The van der Waals surface area contributed by atoms with Crippen molar-refractivity contribution in [2.45, 2.75) is 19.4 Å². The van der Waals surface area contributed by atoms with Crippen LogP contribution in [0.3, 0.4) is 0 Å². The molecule has 0 fully saturated rings. The third-order valence-corrected chi connectivity index (χ3v) is 3.37. The van der Waals surface area contributed by atoms with Gasteiger partial charge in [0.15, 0.2) is 0 Å². The molecule has 7 heteroatoms. The zero-order valence-corrected chi connectivity index (χ0v) is 11.9. The molecule has 0 bridgehead atoms. The lowest BCUT2D eigenvalue weighted by Gasteiger charge is -2.15. The van der Waals surface area contributed by atoms with E-state index in [0.717, 1.165) is 6.07 Å². The Kier molecular flexibility index (Phi) is 5.94. The van der Waals surface area contributed by atoms with Gasteiger partial charge in [0.05, 0.1) is 0 Å². The molecule has 0 spiro atoms. The number of carbonyl (C=O) groups is 2. The number of amides is 1. The second kappa shape index (κ2) is 7.23. The third kappa shape index (κ3) is 3.93. The van der Waals surface area contributed by atoms with Crippen molar-refractivity contribution in [3.63, 3.8) is 0 Å². The number of benzene rings is 1. The first-order valence-electron chi connectivity index (χ1n) is 5.85. The average Bonchev–Trinajstić information content (AvgIpc) is 2.39. The first-order valence-corrected chi connectivity index (χ1v) is 7.25. The highest BCUT2D eigenvalue weighted by atomic mass is 32.2. The van der Waals surface area contributed by atoms with Gasteiger partial charge in [-0.05, 0) is 37.0 Å². The number of carboxylic acid groups (broad SMARTS) is 1. The van der Waals surface area contributed by atoms with Gasteiger partial charge in [0, 0.05) is 0 Å². The van der Waals surface area contributed by atoms with Crippen LogP contribution in [-0.2, 0) is 4.79 Å². The number of halogens is 2. The summed E-state index contributed by atoms with van der Waals surface area (Å²) in [6, 6.07) is 1.02. The van der Waals surface area contributed by atoms with Crippen LogP contribution in [0.5, 0.6) is 0 Å². The van der Waals surface area contributed by atoms with Gasteiger partial charge in [-0.25, -0.2) is 13.6 Å².